The number of rotatable bonds is 3. The summed E-state index contributed by atoms with van der Waals surface area (Å²) < 4.78 is 2.07. The molecule has 0 unspecified atom stereocenters. The van der Waals surface area contributed by atoms with Crippen LogP contribution in [0, 0.1) is 6.92 Å². The number of benzene rings is 2. The highest BCUT2D eigenvalue weighted by Gasteiger charge is 2.26. The van der Waals surface area contributed by atoms with E-state index in [0.717, 1.165) is 52.7 Å². The first-order valence-electron chi connectivity index (χ1n) is 9.16. The Bertz CT molecular complexity index is 1020. The molecule has 1 aliphatic rings. The molecule has 0 aliphatic carbocycles. The number of imidazole rings is 1. The number of fused-ring (bicyclic) bond motifs is 1. The molecule has 3 heterocycles. The van der Waals surface area contributed by atoms with Crippen molar-refractivity contribution in [3.8, 4) is 17.1 Å². The van der Waals surface area contributed by atoms with Gasteiger partial charge in [-0.15, -0.1) is 0 Å². The summed E-state index contributed by atoms with van der Waals surface area (Å²) in [5.74, 6) is 2.04. The quantitative estimate of drug-likeness (QED) is 0.602. The van der Waals surface area contributed by atoms with E-state index in [1.807, 2.05) is 24.3 Å². The van der Waals surface area contributed by atoms with Crippen LogP contribution in [0.5, 0.6) is 0 Å². The zero-order chi connectivity index (χ0) is 17.5. The summed E-state index contributed by atoms with van der Waals surface area (Å²) in [5, 5.41) is 4.89. The maximum absolute atomic E-state index is 4.89. The maximum atomic E-state index is 4.89. The lowest BCUT2D eigenvalue weighted by Gasteiger charge is -2.20. The Kier molecular flexibility index (Phi) is 3.52. The van der Waals surface area contributed by atoms with Crippen LogP contribution >= 0.6 is 0 Å². The van der Waals surface area contributed by atoms with Crippen molar-refractivity contribution in [2.24, 2.45) is 0 Å². The standard InChI is InChI=1S/C21H21N5/c1-15-19(20-22-17-11-5-6-12-18(17)23-20)21(25-13-7-8-14-25)26(24-15)16-9-3-2-4-10-16/h2-6,9-12H,7-8,13-14H2,1H3,(H,22,23). The summed E-state index contributed by atoms with van der Waals surface area (Å²) >= 11 is 0. The van der Waals surface area contributed by atoms with Crippen LogP contribution in [-0.4, -0.2) is 32.8 Å². The molecule has 5 rings (SSSR count). The second-order valence-corrected chi connectivity index (χ2v) is 6.83. The Morgan fingerprint density at radius 3 is 2.42 bits per heavy atom. The van der Waals surface area contributed by atoms with Crippen molar-refractivity contribution in [3.63, 3.8) is 0 Å². The summed E-state index contributed by atoms with van der Waals surface area (Å²) in [6, 6.07) is 18.5. The van der Waals surface area contributed by atoms with E-state index in [9.17, 15) is 0 Å². The third-order valence-electron chi connectivity index (χ3n) is 5.07. The first-order valence-corrected chi connectivity index (χ1v) is 9.16. The highest BCUT2D eigenvalue weighted by molar-refractivity contribution is 5.84. The van der Waals surface area contributed by atoms with E-state index in [1.54, 1.807) is 0 Å². The minimum Gasteiger partial charge on any atom is -0.356 e. The number of nitrogens with zero attached hydrogens (tertiary/aromatic N) is 4. The molecule has 0 radical (unpaired) electrons. The van der Waals surface area contributed by atoms with Gasteiger partial charge in [-0.1, -0.05) is 30.3 Å². The Labute approximate surface area is 152 Å². The van der Waals surface area contributed by atoms with Crippen molar-refractivity contribution >= 4 is 16.9 Å². The van der Waals surface area contributed by atoms with Crippen LogP contribution in [0.3, 0.4) is 0 Å². The molecule has 130 valence electrons. The molecule has 5 heteroatoms. The second kappa shape index (κ2) is 6.02. The minimum atomic E-state index is 0.896. The molecule has 4 aromatic rings. The van der Waals surface area contributed by atoms with Crippen molar-refractivity contribution in [1.82, 2.24) is 19.7 Å². The molecule has 0 bridgehead atoms. The van der Waals surface area contributed by atoms with Gasteiger partial charge in [-0.05, 0) is 44.0 Å². The third-order valence-corrected chi connectivity index (χ3v) is 5.07. The predicted molar refractivity (Wildman–Crippen MR) is 105 cm³/mol. The largest absolute Gasteiger partial charge is 0.356 e. The summed E-state index contributed by atoms with van der Waals surface area (Å²) in [4.78, 5) is 10.8. The molecule has 0 saturated carbocycles. The molecule has 1 saturated heterocycles. The monoisotopic (exact) mass is 343 g/mol. The number of aromatic amines is 1. The molecule has 2 aromatic carbocycles. The van der Waals surface area contributed by atoms with E-state index in [0.29, 0.717) is 0 Å². The van der Waals surface area contributed by atoms with Crippen LogP contribution in [0.2, 0.25) is 0 Å². The van der Waals surface area contributed by atoms with Crippen LogP contribution in [0.25, 0.3) is 28.1 Å². The molecule has 2 aromatic heterocycles. The van der Waals surface area contributed by atoms with E-state index in [4.69, 9.17) is 10.1 Å². The fourth-order valence-corrected chi connectivity index (χ4v) is 3.83. The van der Waals surface area contributed by atoms with E-state index in [-0.39, 0.29) is 0 Å². The molecule has 0 spiro atoms. The SMILES string of the molecule is Cc1nn(-c2ccccc2)c(N2CCCC2)c1-c1nc2ccccc2[nH]1. The van der Waals surface area contributed by atoms with Gasteiger partial charge in [-0.2, -0.15) is 5.10 Å². The van der Waals surface area contributed by atoms with E-state index < -0.39 is 0 Å². The van der Waals surface area contributed by atoms with Crippen LogP contribution in [0.1, 0.15) is 18.5 Å². The Balaban J connectivity index is 1.75. The maximum Gasteiger partial charge on any atom is 0.144 e. The average molecular weight is 343 g/mol. The van der Waals surface area contributed by atoms with Gasteiger partial charge >= 0.3 is 0 Å². The van der Waals surface area contributed by atoms with Crippen molar-refractivity contribution in [1.29, 1.82) is 0 Å². The fraction of sp³-hybridized carbons (Fsp3) is 0.238. The van der Waals surface area contributed by atoms with Gasteiger partial charge in [-0.3, -0.25) is 0 Å². The predicted octanol–water partition coefficient (Wildman–Crippen LogP) is 4.32. The van der Waals surface area contributed by atoms with Crippen molar-refractivity contribution in [2.75, 3.05) is 18.0 Å². The number of H-pyrrole nitrogens is 1. The Morgan fingerprint density at radius 1 is 0.923 bits per heavy atom. The minimum absolute atomic E-state index is 0.896. The molecule has 26 heavy (non-hydrogen) atoms. The smallest absolute Gasteiger partial charge is 0.144 e. The third kappa shape index (κ3) is 2.39. The van der Waals surface area contributed by atoms with E-state index in [2.05, 4.69) is 51.8 Å². The van der Waals surface area contributed by atoms with Gasteiger partial charge in [0.1, 0.15) is 11.6 Å². The fourth-order valence-electron chi connectivity index (χ4n) is 3.83. The zero-order valence-electron chi connectivity index (χ0n) is 14.8. The molecular formula is C21H21N5. The van der Waals surface area contributed by atoms with Gasteiger partial charge in [0.15, 0.2) is 0 Å². The normalized spacial score (nSPS) is 14.4. The Hall–Kier alpha value is -3.08. The van der Waals surface area contributed by atoms with Gasteiger partial charge in [0, 0.05) is 13.1 Å². The van der Waals surface area contributed by atoms with Crippen molar-refractivity contribution in [2.45, 2.75) is 19.8 Å². The number of nitrogens with one attached hydrogen (secondary N) is 1. The van der Waals surface area contributed by atoms with Gasteiger partial charge < -0.3 is 9.88 Å². The number of aryl methyl sites for hydroxylation is 1. The second-order valence-electron chi connectivity index (χ2n) is 6.83. The highest BCUT2D eigenvalue weighted by atomic mass is 15.4. The van der Waals surface area contributed by atoms with Crippen LogP contribution in [-0.2, 0) is 0 Å². The lowest BCUT2D eigenvalue weighted by molar-refractivity contribution is 0.815. The van der Waals surface area contributed by atoms with Gasteiger partial charge in [0.25, 0.3) is 0 Å². The summed E-state index contributed by atoms with van der Waals surface area (Å²) in [5.41, 5.74) is 5.23. The van der Waals surface area contributed by atoms with Gasteiger partial charge in [0.2, 0.25) is 0 Å². The average Bonchev–Trinajstić information content (AvgIpc) is 3.39. The lowest BCUT2D eigenvalue weighted by atomic mass is 10.2. The highest BCUT2D eigenvalue weighted by Crippen LogP contribution is 2.36. The number of hydrogen-bond acceptors (Lipinski definition) is 3. The number of anilines is 1. The molecular weight excluding hydrogens is 322 g/mol. The molecule has 0 atom stereocenters. The van der Waals surface area contributed by atoms with Crippen LogP contribution < -0.4 is 4.90 Å². The van der Waals surface area contributed by atoms with Crippen LogP contribution in [0.15, 0.2) is 54.6 Å². The first kappa shape index (κ1) is 15.2. The summed E-state index contributed by atoms with van der Waals surface area (Å²) in [6.07, 6.45) is 2.44. The molecule has 1 aliphatic heterocycles. The summed E-state index contributed by atoms with van der Waals surface area (Å²) in [7, 11) is 0. The molecule has 0 amide bonds. The zero-order valence-corrected chi connectivity index (χ0v) is 14.8. The van der Waals surface area contributed by atoms with E-state index in [1.165, 1.54) is 12.8 Å². The van der Waals surface area contributed by atoms with Gasteiger partial charge in [-0.25, -0.2) is 9.67 Å². The van der Waals surface area contributed by atoms with E-state index >= 15 is 0 Å². The Morgan fingerprint density at radius 2 is 1.65 bits per heavy atom. The number of hydrogen-bond donors (Lipinski definition) is 1. The summed E-state index contributed by atoms with van der Waals surface area (Å²) in [6.45, 7) is 4.19. The van der Waals surface area contributed by atoms with Crippen molar-refractivity contribution in [3.05, 3.63) is 60.3 Å². The first-order chi connectivity index (χ1) is 12.8. The number of aromatic nitrogens is 4. The van der Waals surface area contributed by atoms with Crippen LogP contribution in [0.4, 0.5) is 5.82 Å². The topological polar surface area (TPSA) is 49.7 Å². The lowest BCUT2D eigenvalue weighted by Crippen LogP contribution is -2.22. The molecule has 1 N–H and O–H groups in total. The molecule has 5 nitrogen and oxygen atoms in total. The van der Waals surface area contributed by atoms with Gasteiger partial charge in [0.05, 0.1) is 28.0 Å². The molecule has 1 fully saturated rings. The van der Waals surface area contributed by atoms with Crippen molar-refractivity contribution < 1.29 is 0 Å². The number of para-hydroxylation sites is 3.